The Balaban J connectivity index is 2.07. The normalized spacial score (nSPS) is 12.9. The molecule has 0 spiro atoms. The predicted molar refractivity (Wildman–Crippen MR) is 96.6 cm³/mol. The van der Waals surface area contributed by atoms with Crippen LogP contribution in [0.3, 0.4) is 0 Å². The maximum atomic E-state index is 14.6. The Bertz CT molecular complexity index is 1070. The van der Waals surface area contributed by atoms with Crippen LogP contribution in [0.25, 0.3) is 10.9 Å². The van der Waals surface area contributed by atoms with Gasteiger partial charge < -0.3 is 19.5 Å². The number of nitrogens with zero attached hydrogens (tertiary/aromatic N) is 1. The molecule has 3 rings (SSSR count). The summed E-state index contributed by atoms with van der Waals surface area (Å²) in [5.41, 5.74) is 1.69. The molecule has 154 valence electrons. The van der Waals surface area contributed by atoms with Crippen LogP contribution in [0.1, 0.15) is 29.7 Å². The highest BCUT2D eigenvalue weighted by Crippen LogP contribution is 2.37. The number of phenolic OH excluding ortho intramolecular Hbond substituents is 1. The van der Waals surface area contributed by atoms with E-state index in [1.807, 2.05) is 0 Å². The number of halogens is 4. The first-order valence-electron chi connectivity index (χ1n) is 8.57. The molecule has 0 saturated heterocycles. The highest BCUT2D eigenvalue weighted by molar-refractivity contribution is 5.92. The number of carboxylic acids is 1. The van der Waals surface area contributed by atoms with Crippen LogP contribution in [0.4, 0.5) is 17.6 Å². The molecule has 0 aliphatic rings. The van der Waals surface area contributed by atoms with Crippen molar-refractivity contribution in [3.05, 3.63) is 59.0 Å². The molecule has 1 heterocycles. The van der Waals surface area contributed by atoms with Gasteiger partial charge in [-0.05, 0) is 49.2 Å². The lowest BCUT2D eigenvalue weighted by atomic mass is 9.97. The van der Waals surface area contributed by atoms with Gasteiger partial charge in [0.15, 0.2) is 11.6 Å². The van der Waals surface area contributed by atoms with Gasteiger partial charge in [0.2, 0.25) is 0 Å². The summed E-state index contributed by atoms with van der Waals surface area (Å²) in [7, 11) is 0. The fourth-order valence-electron chi connectivity index (χ4n) is 3.38. The fraction of sp³-hybridized carbons (Fsp3) is 0.250. The second-order valence-electron chi connectivity index (χ2n) is 6.63. The zero-order chi connectivity index (χ0) is 21.5. The molecule has 0 bridgehead atoms. The average Bonchev–Trinajstić information content (AvgIpc) is 2.90. The Hall–Kier alpha value is -3.23. The summed E-state index contributed by atoms with van der Waals surface area (Å²) in [6, 6.07) is 7.84. The molecule has 3 aromatic rings. The number of rotatable bonds is 5. The number of carboxylic acid groups (broad SMARTS) is 1. The largest absolute Gasteiger partial charge is 0.573 e. The number of ether oxygens (including phenoxy) is 1. The van der Waals surface area contributed by atoms with Crippen molar-refractivity contribution >= 4 is 16.9 Å². The van der Waals surface area contributed by atoms with Gasteiger partial charge in [-0.15, -0.1) is 13.2 Å². The molecule has 0 radical (unpaired) electrons. The summed E-state index contributed by atoms with van der Waals surface area (Å²) >= 11 is 0. The summed E-state index contributed by atoms with van der Waals surface area (Å²) in [6.45, 7) is 3.21. The lowest BCUT2D eigenvalue weighted by Gasteiger charge is -2.12. The third-order valence-corrected chi connectivity index (χ3v) is 4.76. The van der Waals surface area contributed by atoms with Crippen LogP contribution in [0, 0.1) is 12.7 Å². The van der Waals surface area contributed by atoms with Crippen molar-refractivity contribution in [3.8, 4) is 11.5 Å². The quantitative estimate of drug-likeness (QED) is 0.584. The lowest BCUT2D eigenvalue weighted by Crippen LogP contribution is -2.17. The highest BCUT2D eigenvalue weighted by Gasteiger charge is 2.31. The van der Waals surface area contributed by atoms with Crippen LogP contribution in [0.5, 0.6) is 11.5 Å². The Morgan fingerprint density at radius 1 is 1.17 bits per heavy atom. The molecule has 0 aliphatic heterocycles. The number of aliphatic carboxylic acids is 1. The summed E-state index contributed by atoms with van der Waals surface area (Å²) in [4.78, 5) is 11.5. The van der Waals surface area contributed by atoms with Crippen molar-refractivity contribution < 1.29 is 37.3 Å². The molecule has 0 aliphatic carbocycles. The molecule has 2 N–H and O–H groups in total. The number of aromatic hydroxyl groups is 1. The van der Waals surface area contributed by atoms with Crippen molar-refractivity contribution in [2.24, 2.45) is 0 Å². The number of carbonyl (C=O) groups is 1. The highest BCUT2D eigenvalue weighted by atomic mass is 19.4. The van der Waals surface area contributed by atoms with Gasteiger partial charge in [0.1, 0.15) is 5.75 Å². The first kappa shape index (κ1) is 20.5. The van der Waals surface area contributed by atoms with Crippen LogP contribution >= 0.6 is 0 Å². The van der Waals surface area contributed by atoms with Crippen molar-refractivity contribution in [2.75, 3.05) is 0 Å². The van der Waals surface area contributed by atoms with Crippen LogP contribution < -0.4 is 4.74 Å². The molecular formula is C20H17F4NO4. The second-order valence-corrected chi connectivity index (χ2v) is 6.63. The molecule has 1 aromatic heterocycles. The van der Waals surface area contributed by atoms with Gasteiger partial charge in [-0.2, -0.15) is 0 Å². The molecule has 1 unspecified atom stereocenters. The van der Waals surface area contributed by atoms with Crippen molar-refractivity contribution in [1.29, 1.82) is 0 Å². The fourth-order valence-corrected chi connectivity index (χ4v) is 3.38. The molecule has 9 heteroatoms. The maximum Gasteiger partial charge on any atom is 0.573 e. The predicted octanol–water partition coefficient (Wildman–Crippen LogP) is 4.93. The van der Waals surface area contributed by atoms with Crippen molar-refractivity contribution in [3.63, 3.8) is 0 Å². The van der Waals surface area contributed by atoms with Crippen LogP contribution in [-0.4, -0.2) is 27.1 Å². The lowest BCUT2D eigenvalue weighted by molar-refractivity contribution is -0.274. The van der Waals surface area contributed by atoms with Gasteiger partial charge in [-0.25, -0.2) is 4.39 Å². The minimum Gasteiger partial charge on any atom is -0.505 e. The minimum atomic E-state index is -4.80. The van der Waals surface area contributed by atoms with Gasteiger partial charge in [0, 0.05) is 17.6 Å². The van der Waals surface area contributed by atoms with E-state index in [-0.39, 0.29) is 23.2 Å². The van der Waals surface area contributed by atoms with Crippen LogP contribution in [0.2, 0.25) is 0 Å². The zero-order valence-electron chi connectivity index (χ0n) is 15.4. The molecular weight excluding hydrogens is 394 g/mol. The SMILES string of the molecule is Cc1c(C(C)C(=O)O)c2c(F)c(O)ccc2n1Cc1ccc(OC(F)(F)F)cc1. The number of hydrogen-bond acceptors (Lipinski definition) is 3. The standard InChI is InChI=1S/C20H17F4NO4/c1-10(19(27)28)16-11(2)25(14-7-8-15(26)18(21)17(14)16)9-12-3-5-13(6-4-12)29-20(22,23)24/h3-8,10,26H,9H2,1-2H3,(H,27,28). The van der Waals surface area contributed by atoms with E-state index in [1.165, 1.54) is 31.2 Å². The summed E-state index contributed by atoms with van der Waals surface area (Å²) in [6.07, 6.45) is -4.80. The van der Waals surface area contributed by atoms with E-state index >= 15 is 0 Å². The number of phenols is 1. The number of benzene rings is 2. The monoisotopic (exact) mass is 411 g/mol. The molecule has 0 fully saturated rings. The molecule has 29 heavy (non-hydrogen) atoms. The Kier molecular flexibility index (Phi) is 5.16. The van der Waals surface area contributed by atoms with Gasteiger partial charge in [-0.1, -0.05) is 12.1 Å². The van der Waals surface area contributed by atoms with Crippen molar-refractivity contribution in [1.82, 2.24) is 4.57 Å². The van der Waals surface area contributed by atoms with E-state index < -0.39 is 29.8 Å². The number of fused-ring (bicyclic) bond motifs is 1. The third-order valence-electron chi connectivity index (χ3n) is 4.76. The summed E-state index contributed by atoms with van der Waals surface area (Å²) in [5, 5.41) is 19.1. The average molecular weight is 411 g/mol. The third kappa shape index (κ3) is 3.98. The molecule has 2 aromatic carbocycles. The topological polar surface area (TPSA) is 71.7 Å². The Morgan fingerprint density at radius 3 is 2.34 bits per heavy atom. The van der Waals surface area contributed by atoms with Gasteiger partial charge in [-0.3, -0.25) is 4.79 Å². The van der Waals surface area contributed by atoms with Gasteiger partial charge in [0.25, 0.3) is 0 Å². The molecule has 1 atom stereocenters. The van der Waals surface area contributed by atoms with E-state index in [4.69, 9.17) is 0 Å². The first-order chi connectivity index (χ1) is 13.5. The van der Waals surface area contributed by atoms with Crippen molar-refractivity contribution in [2.45, 2.75) is 32.7 Å². The summed E-state index contributed by atoms with van der Waals surface area (Å²) < 4.78 is 57.0. The summed E-state index contributed by atoms with van der Waals surface area (Å²) in [5.74, 6) is -4.06. The van der Waals surface area contributed by atoms with E-state index in [0.29, 0.717) is 16.8 Å². The van der Waals surface area contributed by atoms with Gasteiger partial charge in [0.05, 0.1) is 11.4 Å². The van der Waals surface area contributed by atoms with E-state index in [2.05, 4.69) is 4.74 Å². The Labute approximate surface area is 162 Å². The van der Waals surface area contributed by atoms with Gasteiger partial charge >= 0.3 is 12.3 Å². The molecule has 0 saturated carbocycles. The maximum absolute atomic E-state index is 14.6. The second kappa shape index (κ2) is 7.31. The zero-order valence-corrected chi connectivity index (χ0v) is 15.4. The Morgan fingerprint density at radius 2 is 1.79 bits per heavy atom. The smallest absolute Gasteiger partial charge is 0.505 e. The molecule has 5 nitrogen and oxygen atoms in total. The van der Waals surface area contributed by atoms with E-state index in [0.717, 1.165) is 12.1 Å². The van der Waals surface area contributed by atoms with E-state index in [1.54, 1.807) is 11.5 Å². The first-order valence-corrected chi connectivity index (χ1v) is 8.57. The number of alkyl halides is 3. The minimum absolute atomic E-state index is 0.00873. The number of aromatic nitrogens is 1. The van der Waals surface area contributed by atoms with Crippen LogP contribution in [-0.2, 0) is 11.3 Å². The molecule has 0 amide bonds. The van der Waals surface area contributed by atoms with E-state index in [9.17, 15) is 32.6 Å². The van der Waals surface area contributed by atoms with Crippen LogP contribution in [0.15, 0.2) is 36.4 Å². The number of hydrogen-bond donors (Lipinski definition) is 2.